The summed E-state index contributed by atoms with van der Waals surface area (Å²) in [5, 5.41) is 10.3. The minimum Gasteiger partial charge on any atom is -0.337 e. The Kier molecular flexibility index (Phi) is 4.44. The number of fused-ring (bicyclic) bond motifs is 2. The number of benzene rings is 1. The van der Waals surface area contributed by atoms with Crippen LogP contribution in [0.1, 0.15) is 19.8 Å². The molecule has 0 saturated heterocycles. The maximum absolute atomic E-state index is 11.9. The molecule has 4 aromatic heterocycles. The first kappa shape index (κ1) is 18.0. The number of anilines is 1. The van der Waals surface area contributed by atoms with Crippen LogP contribution >= 0.6 is 0 Å². The van der Waals surface area contributed by atoms with Crippen molar-refractivity contribution in [2.24, 2.45) is 0 Å². The van der Waals surface area contributed by atoms with Gasteiger partial charge in [0.1, 0.15) is 5.52 Å². The number of aromatic nitrogens is 6. The summed E-state index contributed by atoms with van der Waals surface area (Å²) in [5.41, 5.74) is 6.20. The minimum absolute atomic E-state index is 0.0260. The first-order chi connectivity index (χ1) is 14.7. The lowest BCUT2D eigenvalue weighted by atomic mass is 10.1. The molecule has 0 aliphatic heterocycles. The van der Waals surface area contributed by atoms with Gasteiger partial charge in [-0.3, -0.25) is 14.9 Å². The smallest absolute Gasteiger partial charge is 0.224 e. The number of carbonyl (C=O) groups is 1. The number of nitrogens with zero attached hydrogens (tertiary/aromatic N) is 4. The van der Waals surface area contributed by atoms with Crippen molar-refractivity contribution in [2.75, 3.05) is 5.32 Å². The molecule has 5 aromatic rings. The molecule has 0 fully saturated rings. The van der Waals surface area contributed by atoms with Gasteiger partial charge in [0, 0.05) is 18.2 Å². The molecule has 0 aliphatic rings. The van der Waals surface area contributed by atoms with Crippen LogP contribution in [0.4, 0.5) is 5.69 Å². The number of hydrogen-bond donors (Lipinski definition) is 3. The normalized spacial score (nSPS) is 11.2. The molecule has 0 bridgehead atoms. The van der Waals surface area contributed by atoms with E-state index in [2.05, 4.69) is 30.5 Å². The molecule has 0 saturated carbocycles. The van der Waals surface area contributed by atoms with Crippen molar-refractivity contribution in [2.45, 2.75) is 19.8 Å². The molecule has 148 valence electrons. The Hall–Kier alpha value is -4.07. The van der Waals surface area contributed by atoms with Gasteiger partial charge in [-0.1, -0.05) is 19.1 Å². The summed E-state index contributed by atoms with van der Waals surface area (Å²) in [6.07, 6.45) is 4.63. The third-order valence-electron chi connectivity index (χ3n) is 4.82. The molecule has 30 heavy (non-hydrogen) atoms. The van der Waals surface area contributed by atoms with Gasteiger partial charge in [0.15, 0.2) is 11.5 Å². The molecule has 8 heteroatoms. The lowest BCUT2D eigenvalue weighted by Crippen LogP contribution is -2.10. The van der Waals surface area contributed by atoms with Gasteiger partial charge in [0.25, 0.3) is 0 Å². The number of nitrogens with one attached hydrogen (secondary N) is 3. The number of carbonyl (C=O) groups excluding carboxylic acids is 1. The Labute approximate surface area is 171 Å². The van der Waals surface area contributed by atoms with Crippen molar-refractivity contribution >= 4 is 33.7 Å². The van der Waals surface area contributed by atoms with E-state index >= 15 is 0 Å². The second kappa shape index (κ2) is 7.40. The topological polar surface area (TPSA) is 112 Å². The number of para-hydroxylation sites is 2. The average molecular weight is 397 g/mol. The van der Waals surface area contributed by atoms with Crippen molar-refractivity contribution in [3.63, 3.8) is 0 Å². The van der Waals surface area contributed by atoms with Crippen LogP contribution in [0.2, 0.25) is 0 Å². The Morgan fingerprint density at radius 3 is 2.83 bits per heavy atom. The van der Waals surface area contributed by atoms with Crippen LogP contribution in [0.5, 0.6) is 0 Å². The summed E-state index contributed by atoms with van der Waals surface area (Å²) in [5.74, 6) is 0.632. The number of aromatic amines is 2. The third-order valence-corrected chi connectivity index (χ3v) is 4.82. The summed E-state index contributed by atoms with van der Waals surface area (Å²) < 4.78 is 0. The fraction of sp³-hybridized carbons (Fsp3) is 0.136. The molecule has 0 atom stereocenters. The lowest BCUT2D eigenvalue weighted by Gasteiger charge is -2.06. The molecule has 0 radical (unpaired) electrons. The zero-order valence-electron chi connectivity index (χ0n) is 16.3. The van der Waals surface area contributed by atoms with Crippen molar-refractivity contribution in [1.29, 1.82) is 0 Å². The first-order valence-corrected chi connectivity index (χ1v) is 9.77. The number of H-pyrrole nitrogens is 2. The Morgan fingerprint density at radius 1 is 1.07 bits per heavy atom. The lowest BCUT2D eigenvalue weighted by molar-refractivity contribution is -0.116. The fourth-order valence-corrected chi connectivity index (χ4v) is 3.39. The quantitative estimate of drug-likeness (QED) is 0.409. The largest absolute Gasteiger partial charge is 0.337 e. The van der Waals surface area contributed by atoms with E-state index in [1.807, 2.05) is 49.4 Å². The fourth-order valence-electron chi connectivity index (χ4n) is 3.39. The number of rotatable bonds is 5. The summed E-state index contributed by atoms with van der Waals surface area (Å²) in [6, 6.07) is 13.5. The minimum atomic E-state index is -0.0260. The molecule has 0 unspecified atom stereocenters. The van der Waals surface area contributed by atoms with E-state index in [-0.39, 0.29) is 5.91 Å². The highest BCUT2D eigenvalue weighted by molar-refractivity contribution is 5.93. The molecular weight excluding hydrogens is 378 g/mol. The van der Waals surface area contributed by atoms with Crippen LogP contribution in [-0.4, -0.2) is 36.0 Å². The highest BCUT2D eigenvalue weighted by Crippen LogP contribution is 2.28. The van der Waals surface area contributed by atoms with Gasteiger partial charge in [-0.05, 0) is 36.8 Å². The summed E-state index contributed by atoms with van der Waals surface area (Å²) >= 11 is 0. The molecule has 8 nitrogen and oxygen atoms in total. The van der Waals surface area contributed by atoms with Crippen molar-refractivity contribution in [1.82, 2.24) is 30.1 Å². The van der Waals surface area contributed by atoms with Gasteiger partial charge in [0.2, 0.25) is 5.91 Å². The average Bonchev–Trinajstić information content (AvgIpc) is 3.37. The van der Waals surface area contributed by atoms with Crippen LogP contribution in [-0.2, 0) is 4.79 Å². The van der Waals surface area contributed by atoms with Crippen LogP contribution in [0.25, 0.3) is 44.8 Å². The number of amides is 1. The number of hydrogen-bond acceptors (Lipinski definition) is 5. The number of imidazole rings is 1. The first-order valence-electron chi connectivity index (χ1n) is 9.77. The van der Waals surface area contributed by atoms with Crippen LogP contribution in [0.3, 0.4) is 0 Å². The van der Waals surface area contributed by atoms with E-state index in [1.165, 1.54) is 0 Å². The Balaban J connectivity index is 1.54. The van der Waals surface area contributed by atoms with Gasteiger partial charge in [0.05, 0.1) is 34.1 Å². The monoisotopic (exact) mass is 397 g/mol. The van der Waals surface area contributed by atoms with E-state index in [4.69, 9.17) is 4.98 Å². The maximum Gasteiger partial charge on any atom is 0.224 e. The van der Waals surface area contributed by atoms with Crippen molar-refractivity contribution in [3.05, 3.63) is 54.9 Å². The van der Waals surface area contributed by atoms with Crippen LogP contribution in [0, 0.1) is 0 Å². The molecule has 0 spiro atoms. The molecule has 5 rings (SSSR count). The maximum atomic E-state index is 11.9. The molecule has 4 heterocycles. The second-order valence-electron chi connectivity index (χ2n) is 7.03. The Bertz CT molecular complexity index is 1340. The predicted molar refractivity (Wildman–Crippen MR) is 116 cm³/mol. The summed E-state index contributed by atoms with van der Waals surface area (Å²) in [6.45, 7) is 1.97. The number of pyridine rings is 2. The van der Waals surface area contributed by atoms with Gasteiger partial charge < -0.3 is 10.3 Å². The standard InChI is InChI=1S/C22H19N7O/c1-2-5-19(30)24-14-10-13(11-23-12-14)15-8-9-18-20(25-15)21(29-28-18)22-26-16-6-3-4-7-17(16)27-22/h3-4,6-12H,2,5H2,1H3,(H,24,30)(H,26,27)(H,28,29). The van der Waals surface area contributed by atoms with Crippen molar-refractivity contribution in [3.8, 4) is 22.8 Å². The Morgan fingerprint density at radius 2 is 1.97 bits per heavy atom. The van der Waals surface area contributed by atoms with E-state index in [0.717, 1.165) is 34.2 Å². The van der Waals surface area contributed by atoms with Gasteiger partial charge in [-0.15, -0.1) is 0 Å². The molecular formula is C22H19N7O. The zero-order chi connectivity index (χ0) is 20.5. The zero-order valence-corrected chi connectivity index (χ0v) is 16.3. The molecule has 3 N–H and O–H groups in total. The molecule has 1 aromatic carbocycles. The molecule has 0 aliphatic carbocycles. The van der Waals surface area contributed by atoms with E-state index in [9.17, 15) is 4.79 Å². The van der Waals surface area contributed by atoms with Gasteiger partial charge >= 0.3 is 0 Å². The van der Waals surface area contributed by atoms with Gasteiger partial charge in [-0.2, -0.15) is 5.10 Å². The van der Waals surface area contributed by atoms with Gasteiger partial charge in [-0.25, -0.2) is 9.97 Å². The highest BCUT2D eigenvalue weighted by atomic mass is 16.1. The highest BCUT2D eigenvalue weighted by Gasteiger charge is 2.15. The second-order valence-corrected chi connectivity index (χ2v) is 7.03. The molecule has 1 amide bonds. The van der Waals surface area contributed by atoms with E-state index in [1.54, 1.807) is 12.4 Å². The van der Waals surface area contributed by atoms with E-state index < -0.39 is 0 Å². The third kappa shape index (κ3) is 3.28. The summed E-state index contributed by atoms with van der Waals surface area (Å²) in [4.78, 5) is 28.9. The summed E-state index contributed by atoms with van der Waals surface area (Å²) in [7, 11) is 0. The van der Waals surface area contributed by atoms with Crippen LogP contribution < -0.4 is 5.32 Å². The predicted octanol–water partition coefficient (Wildman–Crippen LogP) is 4.30. The van der Waals surface area contributed by atoms with Crippen molar-refractivity contribution < 1.29 is 4.79 Å². The van der Waals surface area contributed by atoms with Crippen LogP contribution in [0.15, 0.2) is 54.9 Å². The SMILES string of the molecule is CCCC(=O)Nc1cncc(-c2ccc3[nH]nc(-c4nc5ccccc5[nH]4)c3n2)c1. The van der Waals surface area contributed by atoms with E-state index in [0.29, 0.717) is 29.1 Å².